The van der Waals surface area contributed by atoms with Gasteiger partial charge in [0.15, 0.2) is 0 Å². The van der Waals surface area contributed by atoms with Crippen molar-refractivity contribution in [3.8, 4) is 0 Å². The summed E-state index contributed by atoms with van der Waals surface area (Å²) < 4.78 is 5.07. The van der Waals surface area contributed by atoms with Crippen LogP contribution in [-0.4, -0.2) is 12.6 Å². The van der Waals surface area contributed by atoms with Gasteiger partial charge in [0.2, 0.25) is 0 Å². The normalized spacial score (nSPS) is 26.6. The molecule has 2 atom stereocenters. The largest absolute Gasteiger partial charge is 0.466 e. The molecular formula is C15H18O2. The third-order valence-corrected chi connectivity index (χ3v) is 3.77. The summed E-state index contributed by atoms with van der Waals surface area (Å²) >= 11 is 0. The molecule has 0 radical (unpaired) electrons. The minimum Gasteiger partial charge on any atom is -0.466 e. The van der Waals surface area contributed by atoms with Crippen LogP contribution in [0.2, 0.25) is 0 Å². The van der Waals surface area contributed by atoms with E-state index in [1.165, 1.54) is 24.0 Å². The molecular weight excluding hydrogens is 212 g/mol. The molecule has 90 valence electrons. The molecule has 17 heavy (non-hydrogen) atoms. The van der Waals surface area contributed by atoms with Gasteiger partial charge in [-0.05, 0) is 49.1 Å². The van der Waals surface area contributed by atoms with E-state index in [1.54, 1.807) is 0 Å². The number of ether oxygens (including phenoxy) is 1. The van der Waals surface area contributed by atoms with Crippen molar-refractivity contribution < 1.29 is 9.53 Å². The Hall–Kier alpha value is -1.31. The van der Waals surface area contributed by atoms with Gasteiger partial charge in [0.25, 0.3) is 0 Å². The van der Waals surface area contributed by atoms with Crippen LogP contribution in [0.1, 0.15) is 49.1 Å². The average Bonchev–Trinajstić information content (AvgIpc) is 3.21. The summed E-state index contributed by atoms with van der Waals surface area (Å²) in [6, 6.07) is 8.78. The third-order valence-electron chi connectivity index (χ3n) is 3.77. The van der Waals surface area contributed by atoms with Crippen LogP contribution in [-0.2, 0) is 9.53 Å². The summed E-state index contributed by atoms with van der Waals surface area (Å²) in [5.74, 6) is 1.29. The maximum absolute atomic E-state index is 11.6. The molecule has 0 saturated heterocycles. The Morgan fingerprint density at radius 3 is 2.82 bits per heavy atom. The van der Waals surface area contributed by atoms with Gasteiger partial charge < -0.3 is 4.74 Å². The van der Waals surface area contributed by atoms with Gasteiger partial charge in [-0.3, -0.25) is 4.79 Å². The Labute approximate surface area is 102 Å². The lowest BCUT2D eigenvalue weighted by Crippen LogP contribution is -2.07. The van der Waals surface area contributed by atoms with Gasteiger partial charge in [-0.25, -0.2) is 0 Å². The van der Waals surface area contributed by atoms with E-state index in [4.69, 9.17) is 4.74 Å². The second-order valence-electron chi connectivity index (χ2n) is 5.15. The molecule has 1 aromatic rings. The first kappa shape index (κ1) is 10.8. The Morgan fingerprint density at radius 2 is 2.12 bits per heavy atom. The molecule has 3 rings (SSSR count). The fraction of sp³-hybridized carbons (Fsp3) is 0.533. The maximum Gasteiger partial charge on any atom is 0.309 e. The average molecular weight is 230 g/mol. The molecule has 0 unspecified atom stereocenters. The summed E-state index contributed by atoms with van der Waals surface area (Å²) in [5, 5.41) is 0. The van der Waals surface area contributed by atoms with Crippen LogP contribution < -0.4 is 0 Å². The minimum atomic E-state index is -0.0191. The minimum absolute atomic E-state index is 0.0191. The van der Waals surface area contributed by atoms with Crippen molar-refractivity contribution in [3.63, 3.8) is 0 Å². The highest BCUT2D eigenvalue weighted by Crippen LogP contribution is 2.49. The Bertz CT molecular complexity index is 434. The van der Waals surface area contributed by atoms with Gasteiger partial charge in [-0.1, -0.05) is 24.3 Å². The lowest BCUT2D eigenvalue weighted by molar-refractivity contribution is -0.144. The lowest BCUT2D eigenvalue weighted by Gasteiger charge is -2.04. The van der Waals surface area contributed by atoms with E-state index in [0.29, 0.717) is 12.5 Å². The predicted molar refractivity (Wildman–Crippen MR) is 65.9 cm³/mol. The first-order valence-corrected chi connectivity index (χ1v) is 6.56. The highest BCUT2D eigenvalue weighted by atomic mass is 16.5. The number of carbonyl (C=O) groups is 1. The van der Waals surface area contributed by atoms with Gasteiger partial charge in [0, 0.05) is 0 Å². The van der Waals surface area contributed by atoms with E-state index in [9.17, 15) is 4.79 Å². The van der Waals surface area contributed by atoms with Gasteiger partial charge in [0.05, 0.1) is 12.5 Å². The molecule has 2 aliphatic carbocycles. The molecule has 2 aliphatic rings. The van der Waals surface area contributed by atoms with E-state index in [0.717, 1.165) is 12.3 Å². The number of esters is 1. The van der Waals surface area contributed by atoms with Crippen molar-refractivity contribution in [2.24, 2.45) is 5.92 Å². The molecule has 2 heteroatoms. The van der Waals surface area contributed by atoms with Gasteiger partial charge in [-0.2, -0.15) is 0 Å². The molecule has 0 aromatic heterocycles. The number of carbonyl (C=O) groups excluding carboxylic acids is 1. The summed E-state index contributed by atoms with van der Waals surface area (Å²) in [4.78, 5) is 11.6. The molecule has 2 fully saturated rings. The molecule has 0 aliphatic heterocycles. The van der Waals surface area contributed by atoms with Crippen LogP contribution in [0.5, 0.6) is 0 Å². The summed E-state index contributed by atoms with van der Waals surface area (Å²) in [6.45, 7) is 2.35. The van der Waals surface area contributed by atoms with E-state index in [1.807, 2.05) is 6.92 Å². The molecule has 0 bridgehead atoms. The summed E-state index contributed by atoms with van der Waals surface area (Å²) in [6.07, 6.45) is 3.62. The fourth-order valence-electron chi connectivity index (χ4n) is 2.53. The third kappa shape index (κ3) is 2.21. The first-order chi connectivity index (χ1) is 8.29. The topological polar surface area (TPSA) is 26.3 Å². The quantitative estimate of drug-likeness (QED) is 0.742. The number of hydrogen-bond acceptors (Lipinski definition) is 2. The van der Waals surface area contributed by atoms with Crippen molar-refractivity contribution in [3.05, 3.63) is 35.4 Å². The smallest absolute Gasteiger partial charge is 0.309 e. The molecule has 2 nitrogen and oxygen atoms in total. The molecule has 2 saturated carbocycles. The zero-order chi connectivity index (χ0) is 11.8. The van der Waals surface area contributed by atoms with E-state index < -0.39 is 0 Å². The van der Waals surface area contributed by atoms with Gasteiger partial charge in [0.1, 0.15) is 0 Å². The van der Waals surface area contributed by atoms with Gasteiger partial charge >= 0.3 is 5.97 Å². The second-order valence-corrected chi connectivity index (χ2v) is 5.15. The van der Waals surface area contributed by atoms with Crippen molar-refractivity contribution in [2.45, 2.75) is 38.0 Å². The zero-order valence-electron chi connectivity index (χ0n) is 10.2. The summed E-state index contributed by atoms with van der Waals surface area (Å²) in [5.41, 5.74) is 2.78. The van der Waals surface area contributed by atoms with Crippen LogP contribution in [0.15, 0.2) is 24.3 Å². The van der Waals surface area contributed by atoms with Crippen LogP contribution in [0.4, 0.5) is 0 Å². The SMILES string of the molecule is CCOC(=O)[C@@H]1C[C@H]1c1cccc(C2CC2)c1. The zero-order valence-corrected chi connectivity index (χ0v) is 10.2. The monoisotopic (exact) mass is 230 g/mol. The Kier molecular flexibility index (Phi) is 2.65. The van der Waals surface area contributed by atoms with Crippen LogP contribution in [0, 0.1) is 5.92 Å². The van der Waals surface area contributed by atoms with Crippen LogP contribution in [0.3, 0.4) is 0 Å². The number of benzene rings is 1. The number of rotatable bonds is 4. The molecule has 0 amide bonds. The van der Waals surface area contributed by atoms with Crippen molar-refractivity contribution in [2.75, 3.05) is 6.61 Å². The number of hydrogen-bond donors (Lipinski definition) is 0. The predicted octanol–water partition coefficient (Wildman–Crippen LogP) is 3.23. The second kappa shape index (κ2) is 4.17. The summed E-state index contributed by atoms with van der Waals surface area (Å²) in [7, 11) is 0. The highest BCUT2D eigenvalue weighted by Gasteiger charge is 2.45. The van der Waals surface area contributed by atoms with E-state index >= 15 is 0 Å². The standard InChI is InChI=1S/C15H18O2/c1-2-17-15(16)14-9-13(14)12-5-3-4-11(8-12)10-6-7-10/h3-5,8,10,13-14H,2,6-7,9H2,1H3/t13-,14+/m0/s1. The molecule has 0 spiro atoms. The van der Waals surface area contributed by atoms with Gasteiger partial charge in [-0.15, -0.1) is 0 Å². The lowest BCUT2D eigenvalue weighted by atomic mass is 10.0. The van der Waals surface area contributed by atoms with E-state index in [2.05, 4.69) is 24.3 Å². The fourth-order valence-corrected chi connectivity index (χ4v) is 2.53. The van der Waals surface area contributed by atoms with E-state index in [-0.39, 0.29) is 11.9 Å². The van der Waals surface area contributed by atoms with Crippen molar-refractivity contribution >= 4 is 5.97 Å². The Morgan fingerprint density at radius 1 is 1.35 bits per heavy atom. The van der Waals surface area contributed by atoms with Crippen molar-refractivity contribution in [1.82, 2.24) is 0 Å². The van der Waals surface area contributed by atoms with Crippen LogP contribution in [0.25, 0.3) is 0 Å². The maximum atomic E-state index is 11.6. The highest BCUT2D eigenvalue weighted by molar-refractivity contribution is 5.77. The molecule has 0 heterocycles. The van der Waals surface area contributed by atoms with Crippen molar-refractivity contribution in [1.29, 1.82) is 0 Å². The molecule has 0 N–H and O–H groups in total. The van der Waals surface area contributed by atoms with Crippen LogP contribution >= 0.6 is 0 Å². The first-order valence-electron chi connectivity index (χ1n) is 6.56. The molecule has 1 aromatic carbocycles. The Balaban J connectivity index is 1.69.